The fourth-order valence-electron chi connectivity index (χ4n) is 4.09. The first kappa shape index (κ1) is 17.2. The van der Waals surface area contributed by atoms with E-state index in [2.05, 4.69) is 32.3 Å². The van der Waals surface area contributed by atoms with E-state index < -0.39 is 0 Å². The lowest BCUT2D eigenvalue weighted by Crippen LogP contribution is -2.47. The highest BCUT2D eigenvalue weighted by Gasteiger charge is 2.43. The van der Waals surface area contributed by atoms with Gasteiger partial charge < -0.3 is 14.8 Å². The molecule has 6 heteroatoms. The predicted octanol–water partition coefficient (Wildman–Crippen LogP) is 2.72. The number of nitrogens with zero attached hydrogens (tertiary/aromatic N) is 3. The molecule has 0 bridgehead atoms. The zero-order valence-corrected chi connectivity index (χ0v) is 15.2. The summed E-state index contributed by atoms with van der Waals surface area (Å²) in [6, 6.07) is 10.5. The summed E-state index contributed by atoms with van der Waals surface area (Å²) < 4.78 is 11.5. The Morgan fingerprint density at radius 2 is 2.08 bits per heavy atom. The van der Waals surface area contributed by atoms with Crippen LogP contribution < -0.4 is 10.1 Å². The number of hydrogen-bond acceptors (Lipinski definition) is 6. The maximum Gasteiger partial charge on any atom is 0.222 e. The quantitative estimate of drug-likeness (QED) is 0.891. The lowest BCUT2D eigenvalue weighted by Gasteiger charge is -2.39. The van der Waals surface area contributed by atoms with Crippen LogP contribution in [-0.4, -0.2) is 53.3 Å². The topological polar surface area (TPSA) is 59.5 Å². The summed E-state index contributed by atoms with van der Waals surface area (Å²) in [6.07, 6.45) is 6.82. The van der Waals surface area contributed by atoms with E-state index in [1.165, 1.54) is 12.0 Å². The van der Waals surface area contributed by atoms with Crippen LogP contribution in [0.5, 0.6) is 5.75 Å². The molecule has 2 aliphatic rings. The maximum absolute atomic E-state index is 6.29. The fraction of sp³-hybridized carbons (Fsp3) is 0.500. The SMILES string of the molecule is COc1ccc(CN2CCCC3(CC(Nc4ncccn4)CO3)C2)cc1. The van der Waals surface area contributed by atoms with Crippen LogP contribution >= 0.6 is 0 Å². The molecule has 2 aliphatic heterocycles. The average Bonchev–Trinajstić information content (AvgIpc) is 3.05. The Morgan fingerprint density at radius 1 is 1.27 bits per heavy atom. The summed E-state index contributed by atoms with van der Waals surface area (Å²) in [6.45, 7) is 3.77. The molecule has 4 rings (SSSR count). The van der Waals surface area contributed by atoms with Crippen LogP contribution in [0, 0.1) is 0 Å². The Labute approximate surface area is 154 Å². The molecule has 1 N–H and O–H groups in total. The molecule has 2 unspecified atom stereocenters. The summed E-state index contributed by atoms with van der Waals surface area (Å²) in [7, 11) is 1.70. The first-order valence-electron chi connectivity index (χ1n) is 9.27. The van der Waals surface area contributed by atoms with E-state index in [0.29, 0.717) is 12.6 Å². The third-order valence-corrected chi connectivity index (χ3v) is 5.29. The second-order valence-electron chi connectivity index (χ2n) is 7.27. The van der Waals surface area contributed by atoms with Gasteiger partial charge in [-0.2, -0.15) is 0 Å². The molecule has 26 heavy (non-hydrogen) atoms. The van der Waals surface area contributed by atoms with Gasteiger partial charge in [-0.15, -0.1) is 0 Å². The molecule has 1 aromatic carbocycles. The van der Waals surface area contributed by atoms with Gasteiger partial charge in [0.05, 0.1) is 25.4 Å². The number of methoxy groups -OCH3 is 1. The Kier molecular flexibility index (Phi) is 5.04. The Bertz CT molecular complexity index is 710. The fourth-order valence-corrected chi connectivity index (χ4v) is 4.09. The highest BCUT2D eigenvalue weighted by atomic mass is 16.5. The number of ether oxygens (including phenoxy) is 2. The Morgan fingerprint density at radius 3 is 2.85 bits per heavy atom. The lowest BCUT2D eigenvalue weighted by atomic mass is 9.88. The molecule has 0 aliphatic carbocycles. The number of anilines is 1. The minimum atomic E-state index is -0.0445. The number of rotatable bonds is 5. The van der Waals surface area contributed by atoms with Gasteiger partial charge in [-0.3, -0.25) is 4.90 Å². The molecule has 1 spiro atoms. The van der Waals surface area contributed by atoms with Gasteiger partial charge in [-0.05, 0) is 43.1 Å². The number of hydrogen-bond donors (Lipinski definition) is 1. The molecule has 6 nitrogen and oxygen atoms in total. The van der Waals surface area contributed by atoms with Gasteiger partial charge in [0.25, 0.3) is 0 Å². The summed E-state index contributed by atoms with van der Waals surface area (Å²) in [5, 5.41) is 3.41. The van der Waals surface area contributed by atoms with Crippen molar-refractivity contribution in [3.8, 4) is 5.75 Å². The average molecular weight is 354 g/mol. The normalized spacial score (nSPS) is 26.1. The minimum Gasteiger partial charge on any atom is -0.497 e. The molecule has 2 fully saturated rings. The maximum atomic E-state index is 6.29. The molecule has 2 atom stereocenters. The van der Waals surface area contributed by atoms with Gasteiger partial charge in [-0.1, -0.05) is 12.1 Å². The lowest BCUT2D eigenvalue weighted by molar-refractivity contribution is -0.0533. The summed E-state index contributed by atoms with van der Waals surface area (Å²) in [5.74, 6) is 1.59. The van der Waals surface area contributed by atoms with Gasteiger partial charge in [0, 0.05) is 31.9 Å². The zero-order chi connectivity index (χ0) is 17.8. The van der Waals surface area contributed by atoms with Crippen molar-refractivity contribution in [3.63, 3.8) is 0 Å². The van der Waals surface area contributed by atoms with E-state index in [1.807, 2.05) is 18.2 Å². The van der Waals surface area contributed by atoms with Gasteiger partial charge >= 0.3 is 0 Å². The van der Waals surface area contributed by atoms with E-state index >= 15 is 0 Å². The second kappa shape index (κ2) is 7.60. The third kappa shape index (κ3) is 3.97. The molecule has 3 heterocycles. The van der Waals surface area contributed by atoms with Crippen LogP contribution in [0.1, 0.15) is 24.8 Å². The highest BCUT2D eigenvalue weighted by Crippen LogP contribution is 2.36. The monoisotopic (exact) mass is 354 g/mol. The Hall–Kier alpha value is -2.18. The van der Waals surface area contributed by atoms with Crippen LogP contribution in [0.25, 0.3) is 0 Å². The smallest absolute Gasteiger partial charge is 0.222 e. The van der Waals surface area contributed by atoms with E-state index in [1.54, 1.807) is 19.5 Å². The Balaban J connectivity index is 1.35. The van der Waals surface area contributed by atoms with Crippen molar-refractivity contribution in [1.29, 1.82) is 0 Å². The molecule has 0 radical (unpaired) electrons. The van der Waals surface area contributed by atoms with Crippen LogP contribution in [0.4, 0.5) is 5.95 Å². The van der Waals surface area contributed by atoms with E-state index in [0.717, 1.165) is 38.2 Å². The van der Waals surface area contributed by atoms with Gasteiger partial charge in [0.15, 0.2) is 0 Å². The number of piperidine rings is 1. The van der Waals surface area contributed by atoms with Crippen LogP contribution in [0.3, 0.4) is 0 Å². The standard InChI is InChI=1S/C20H26N4O2/c1-25-18-6-4-16(5-7-18)13-24-11-2-8-20(15-24)12-17(14-26-20)23-19-21-9-3-10-22-19/h3-7,9-10,17H,2,8,11-15H2,1H3,(H,21,22,23). The van der Waals surface area contributed by atoms with Crippen LogP contribution in [0.15, 0.2) is 42.7 Å². The summed E-state index contributed by atoms with van der Waals surface area (Å²) in [4.78, 5) is 11.0. The van der Waals surface area contributed by atoms with Crippen LogP contribution in [0.2, 0.25) is 0 Å². The number of likely N-dealkylation sites (tertiary alicyclic amines) is 1. The molecule has 1 aromatic heterocycles. The summed E-state index contributed by atoms with van der Waals surface area (Å²) in [5.41, 5.74) is 1.27. The third-order valence-electron chi connectivity index (χ3n) is 5.29. The first-order valence-corrected chi connectivity index (χ1v) is 9.27. The van der Waals surface area contributed by atoms with Gasteiger partial charge in [-0.25, -0.2) is 9.97 Å². The number of aromatic nitrogens is 2. The van der Waals surface area contributed by atoms with E-state index in [-0.39, 0.29) is 11.6 Å². The molecule has 2 saturated heterocycles. The van der Waals surface area contributed by atoms with Crippen molar-refractivity contribution in [3.05, 3.63) is 48.3 Å². The van der Waals surface area contributed by atoms with Crippen LogP contribution in [-0.2, 0) is 11.3 Å². The minimum absolute atomic E-state index is 0.0445. The zero-order valence-electron chi connectivity index (χ0n) is 15.2. The van der Waals surface area contributed by atoms with Crippen molar-refractivity contribution in [2.24, 2.45) is 0 Å². The first-order chi connectivity index (χ1) is 12.7. The largest absolute Gasteiger partial charge is 0.497 e. The van der Waals surface area contributed by atoms with E-state index in [4.69, 9.17) is 9.47 Å². The van der Waals surface area contributed by atoms with Crippen molar-refractivity contribution in [1.82, 2.24) is 14.9 Å². The molecular weight excluding hydrogens is 328 g/mol. The second-order valence-corrected chi connectivity index (χ2v) is 7.27. The molecule has 0 amide bonds. The molecule has 138 valence electrons. The van der Waals surface area contributed by atoms with Crippen molar-refractivity contribution >= 4 is 5.95 Å². The van der Waals surface area contributed by atoms with Gasteiger partial charge in [0.1, 0.15) is 5.75 Å². The van der Waals surface area contributed by atoms with Crippen molar-refractivity contribution < 1.29 is 9.47 Å². The van der Waals surface area contributed by atoms with Crippen molar-refractivity contribution in [2.45, 2.75) is 37.5 Å². The van der Waals surface area contributed by atoms with E-state index in [9.17, 15) is 0 Å². The predicted molar refractivity (Wildman–Crippen MR) is 100 cm³/mol. The summed E-state index contributed by atoms with van der Waals surface area (Å²) >= 11 is 0. The van der Waals surface area contributed by atoms with Gasteiger partial charge in [0.2, 0.25) is 5.95 Å². The highest BCUT2D eigenvalue weighted by molar-refractivity contribution is 5.27. The molecule has 0 saturated carbocycles. The molecule has 2 aromatic rings. The number of nitrogens with one attached hydrogen (secondary N) is 1. The molecular formula is C20H26N4O2. The number of benzene rings is 1. The van der Waals surface area contributed by atoms with Crippen molar-refractivity contribution in [2.75, 3.05) is 32.1 Å².